The molecule has 6 heteroatoms. The molecule has 90 valence electrons. The van der Waals surface area contributed by atoms with Crippen molar-refractivity contribution in [2.75, 3.05) is 12.3 Å². The van der Waals surface area contributed by atoms with Crippen LogP contribution < -0.4 is 5.73 Å². The Morgan fingerprint density at radius 1 is 1.56 bits per heavy atom. The van der Waals surface area contributed by atoms with Gasteiger partial charge < -0.3 is 10.3 Å². The molecule has 0 aliphatic carbocycles. The predicted octanol–water partition coefficient (Wildman–Crippen LogP) is 0.854. The molecular weight excluding hydrogens is 224 g/mol. The average Bonchev–Trinajstić information content (AvgIpc) is 2.73. The van der Waals surface area contributed by atoms with E-state index in [9.17, 15) is 0 Å². The van der Waals surface area contributed by atoms with Crippen LogP contribution in [-0.4, -0.2) is 38.6 Å². The van der Waals surface area contributed by atoms with Crippen molar-refractivity contribution in [3.8, 4) is 0 Å². The van der Waals surface area contributed by atoms with Crippen LogP contribution in [0.5, 0.6) is 0 Å². The van der Waals surface area contributed by atoms with Gasteiger partial charge in [-0.3, -0.25) is 4.90 Å². The van der Waals surface area contributed by atoms with Crippen LogP contribution in [-0.2, 0) is 13.1 Å². The topological polar surface area (TPSA) is 68.2 Å². The van der Waals surface area contributed by atoms with Gasteiger partial charge in [0.25, 0.3) is 0 Å². The standard InChI is InChI=1S/C10H18N4OS/c1-7-8(2)16-4-3-14(7)6-9-12-10(5-11)15-13-9/h7-8H,3-6,11H2,1-2H3. The average molecular weight is 242 g/mol. The number of rotatable bonds is 3. The molecule has 0 aromatic carbocycles. The summed E-state index contributed by atoms with van der Waals surface area (Å²) < 4.78 is 5.00. The van der Waals surface area contributed by atoms with Gasteiger partial charge in [-0.05, 0) is 6.92 Å². The normalized spacial score (nSPS) is 27.2. The van der Waals surface area contributed by atoms with Gasteiger partial charge in [0.15, 0.2) is 5.82 Å². The van der Waals surface area contributed by atoms with Crippen molar-refractivity contribution in [2.24, 2.45) is 5.73 Å². The molecule has 0 saturated carbocycles. The molecule has 2 atom stereocenters. The lowest BCUT2D eigenvalue weighted by Crippen LogP contribution is -2.44. The SMILES string of the molecule is CC1SCCN(Cc2noc(CN)n2)C1C. The van der Waals surface area contributed by atoms with Crippen molar-refractivity contribution in [3.63, 3.8) is 0 Å². The van der Waals surface area contributed by atoms with E-state index in [0.717, 1.165) is 18.9 Å². The monoisotopic (exact) mass is 242 g/mol. The Morgan fingerprint density at radius 2 is 2.38 bits per heavy atom. The highest BCUT2D eigenvalue weighted by Crippen LogP contribution is 2.24. The Hall–Kier alpha value is -0.590. The van der Waals surface area contributed by atoms with Gasteiger partial charge in [-0.15, -0.1) is 0 Å². The first-order valence-corrected chi connectivity index (χ1v) is 6.62. The fraction of sp³-hybridized carbons (Fsp3) is 0.800. The second kappa shape index (κ2) is 5.16. The van der Waals surface area contributed by atoms with Crippen LogP contribution in [0.1, 0.15) is 25.6 Å². The van der Waals surface area contributed by atoms with E-state index in [4.69, 9.17) is 10.3 Å². The molecule has 0 amide bonds. The Balaban J connectivity index is 1.97. The van der Waals surface area contributed by atoms with E-state index in [2.05, 4.69) is 28.9 Å². The van der Waals surface area contributed by atoms with Crippen molar-refractivity contribution in [2.45, 2.75) is 38.2 Å². The van der Waals surface area contributed by atoms with E-state index in [1.165, 1.54) is 5.75 Å². The van der Waals surface area contributed by atoms with E-state index < -0.39 is 0 Å². The van der Waals surface area contributed by atoms with Crippen LogP contribution in [0, 0.1) is 0 Å². The fourth-order valence-corrected chi connectivity index (χ4v) is 3.00. The third kappa shape index (κ3) is 2.56. The first-order chi connectivity index (χ1) is 7.70. The number of aromatic nitrogens is 2. The Morgan fingerprint density at radius 3 is 3.06 bits per heavy atom. The van der Waals surface area contributed by atoms with Crippen LogP contribution in [0.25, 0.3) is 0 Å². The summed E-state index contributed by atoms with van der Waals surface area (Å²) in [5, 5.41) is 4.59. The molecule has 1 saturated heterocycles. The molecule has 1 aromatic rings. The van der Waals surface area contributed by atoms with Crippen LogP contribution in [0.4, 0.5) is 0 Å². The second-order valence-electron chi connectivity index (χ2n) is 4.10. The first-order valence-electron chi connectivity index (χ1n) is 5.58. The van der Waals surface area contributed by atoms with Crippen molar-refractivity contribution in [3.05, 3.63) is 11.7 Å². The third-order valence-electron chi connectivity index (χ3n) is 3.04. The minimum Gasteiger partial charge on any atom is -0.338 e. The molecule has 2 rings (SSSR count). The van der Waals surface area contributed by atoms with Gasteiger partial charge in [-0.1, -0.05) is 12.1 Å². The van der Waals surface area contributed by atoms with Gasteiger partial charge in [0, 0.05) is 23.6 Å². The van der Waals surface area contributed by atoms with Gasteiger partial charge in [-0.25, -0.2) is 0 Å². The van der Waals surface area contributed by atoms with Gasteiger partial charge in [0.05, 0.1) is 13.1 Å². The quantitative estimate of drug-likeness (QED) is 0.847. The number of hydrogen-bond donors (Lipinski definition) is 1. The molecule has 16 heavy (non-hydrogen) atoms. The zero-order valence-corrected chi connectivity index (χ0v) is 10.5. The molecule has 1 fully saturated rings. The van der Waals surface area contributed by atoms with E-state index >= 15 is 0 Å². The number of nitrogens with zero attached hydrogens (tertiary/aromatic N) is 3. The molecular formula is C10H18N4OS. The minimum absolute atomic E-state index is 0.314. The minimum atomic E-state index is 0.314. The zero-order chi connectivity index (χ0) is 11.5. The summed E-state index contributed by atoms with van der Waals surface area (Å²) in [5.41, 5.74) is 5.43. The number of nitrogens with two attached hydrogens (primary N) is 1. The summed E-state index contributed by atoms with van der Waals surface area (Å²) in [6, 6.07) is 0.554. The van der Waals surface area contributed by atoms with E-state index in [1.54, 1.807) is 0 Å². The lowest BCUT2D eigenvalue weighted by atomic mass is 10.2. The molecule has 0 spiro atoms. The molecule has 0 bridgehead atoms. The number of thioether (sulfide) groups is 1. The molecule has 5 nitrogen and oxygen atoms in total. The van der Waals surface area contributed by atoms with Gasteiger partial charge >= 0.3 is 0 Å². The van der Waals surface area contributed by atoms with Gasteiger partial charge in [0.2, 0.25) is 5.89 Å². The van der Waals surface area contributed by atoms with Crippen LogP contribution in [0.3, 0.4) is 0 Å². The highest BCUT2D eigenvalue weighted by molar-refractivity contribution is 8.00. The first kappa shape index (κ1) is 11.9. The van der Waals surface area contributed by atoms with E-state index in [0.29, 0.717) is 23.7 Å². The summed E-state index contributed by atoms with van der Waals surface area (Å²) in [5.74, 6) is 2.43. The Bertz CT molecular complexity index is 343. The molecule has 2 N–H and O–H groups in total. The highest BCUT2D eigenvalue weighted by atomic mass is 32.2. The van der Waals surface area contributed by atoms with Gasteiger partial charge in [-0.2, -0.15) is 16.7 Å². The van der Waals surface area contributed by atoms with Crippen LogP contribution >= 0.6 is 11.8 Å². The zero-order valence-electron chi connectivity index (χ0n) is 9.72. The molecule has 1 aromatic heterocycles. The van der Waals surface area contributed by atoms with E-state index in [-0.39, 0.29) is 0 Å². The largest absolute Gasteiger partial charge is 0.338 e. The van der Waals surface area contributed by atoms with Crippen molar-refractivity contribution < 1.29 is 4.52 Å². The van der Waals surface area contributed by atoms with Crippen molar-refractivity contribution >= 4 is 11.8 Å². The third-order valence-corrected chi connectivity index (χ3v) is 4.38. The Labute approximate surface area is 99.8 Å². The van der Waals surface area contributed by atoms with Gasteiger partial charge in [0.1, 0.15) is 0 Å². The maximum absolute atomic E-state index is 5.43. The van der Waals surface area contributed by atoms with Crippen LogP contribution in [0.15, 0.2) is 4.52 Å². The molecule has 0 radical (unpaired) electrons. The maximum atomic E-state index is 5.43. The van der Waals surface area contributed by atoms with Crippen molar-refractivity contribution in [1.82, 2.24) is 15.0 Å². The predicted molar refractivity (Wildman–Crippen MR) is 64.0 cm³/mol. The van der Waals surface area contributed by atoms with Crippen molar-refractivity contribution in [1.29, 1.82) is 0 Å². The smallest absolute Gasteiger partial charge is 0.240 e. The molecule has 1 aliphatic heterocycles. The summed E-state index contributed by atoms with van der Waals surface area (Å²) in [7, 11) is 0. The summed E-state index contributed by atoms with van der Waals surface area (Å²) in [4.78, 5) is 6.63. The maximum Gasteiger partial charge on any atom is 0.240 e. The fourth-order valence-electron chi connectivity index (χ4n) is 1.84. The summed E-state index contributed by atoms with van der Waals surface area (Å²) in [6.45, 7) is 6.68. The molecule has 1 aliphatic rings. The molecule has 2 heterocycles. The van der Waals surface area contributed by atoms with E-state index in [1.807, 2.05) is 11.8 Å². The van der Waals surface area contributed by atoms with Crippen LogP contribution in [0.2, 0.25) is 0 Å². The lowest BCUT2D eigenvalue weighted by Gasteiger charge is -2.36. The summed E-state index contributed by atoms with van der Waals surface area (Å²) in [6.07, 6.45) is 0. The lowest BCUT2D eigenvalue weighted by molar-refractivity contribution is 0.197. The Kier molecular flexibility index (Phi) is 3.83. The molecule has 2 unspecified atom stereocenters. The summed E-state index contributed by atoms with van der Waals surface area (Å²) >= 11 is 2.02. The number of hydrogen-bond acceptors (Lipinski definition) is 6. The second-order valence-corrected chi connectivity index (χ2v) is 5.58. The highest BCUT2D eigenvalue weighted by Gasteiger charge is 2.26.